The summed E-state index contributed by atoms with van der Waals surface area (Å²) in [5, 5.41) is 11.2. The average Bonchev–Trinajstić information content (AvgIpc) is 3.30. The van der Waals surface area contributed by atoms with Gasteiger partial charge in [0.15, 0.2) is 0 Å². The quantitative estimate of drug-likeness (QED) is 0.639. The lowest BCUT2D eigenvalue weighted by Gasteiger charge is -2.26. The number of aliphatic hydroxyl groups excluding tert-OH is 1. The van der Waals surface area contributed by atoms with Crippen LogP contribution < -0.4 is 0 Å². The third-order valence-corrected chi connectivity index (χ3v) is 7.96. The summed E-state index contributed by atoms with van der Waals surface area (Å²) in [6.07, 6.45) is 1.41. The van der Waals surface area contributed by atoms with Crippen molar-refractivity contribution >= 4 is 11.9 Å². The Bertz CT molecular complexity index is 1170. The summed E-state index contributed by atoms with van der Waals surface area (Å²) in [5.74, 6) is -0.478. The van der Waals surface area contributed by atoms with E-state index in [0.29, 0.717) is 30.9 Å². The van der Waals surface area contributed by atoms with Gasteiger partial charge in [-0.25, -0.2) is 9.59 Å². The minimum atomic E-state index is -0.596. The van der Waals surface area contributed by atoms with Crippen LogP contribution in [0.2, 0.25) is 0 Å². The van der Waals surface area contributed by atoms with E-state index in [-0.39, 0.29) is 11.9 Å². The number of nitrogens with zero attached hydrogens (tertiary/aromatic N) is 2. The zero-order valence-corrected chi connectivity index (χ0v) is 20.9. The standard InChI is InChI=1S/C28H34N2O5/c1-17-13-22-24(16-35-28(22)33)19(3)26(17)25(31)14-30-9-4-8-29(11-12-30)10-7-20-5-6-21-23(18(20)2)15-34-27(21)32/h5-6,13,25,31H,4,7-12,14-16H2,1-3H3. The van der Waals surface area contributed by atoms with Crippen LogP contribution in [0, 0.1) is 20.8 Å². The number of fused-ring (bicyclic) bond motifs is 2. The number of cyclic esters (lactones) is 2. The van der Waals surface area contributed by atoms with Crippen molar-refractivity contribution in [2.45, 2.75) is 52.9 Å². The Morgan fingerprint density at radius 3 is 2.31 bits per heavy atom. The predicted octanol–water partition coefficient (Wildman–Crippen LogP) is 3.24. The van der Waals surface area contributed by atoms with E-state index in [1.807, 2.05) is 26.0 Å². The minimum absolute atomic E-state index is 0.212. The molecule has 0 aliphatic carbocycles. The van der Waals surface area contributed by atoms with Gasteiger partial charge in [0, 0.05) is 37.3 Å². The Morgan fingerprint density at radius 1 is 0.886 bits per heavy atom. The molecular weight excluding hydrogens is 444 g/mol. The summed E-state index contributed by atoms with van der Waals surface area (Å²) in [7, 11) is 0. The first-order valence-electron chi connectivity index (χ1n) is 12.5. The van der Waals surface area contributed by atoms with Crippen LogP contribution >= 0.6 is 0 Å². The van der Waals surface area contributed by atoms with Crippen molar-refractivity contribution in [1.82, 2.24) is 9.80 Å². The number of aliphatic hydroxyl groups is 1. The van der Waals surface area contributed by atoms with Crippen LogP contribution in [0.15, 0.2) is 18.2 Å². The van der Waals surface area contributed by atoms with Gasteiger partial charge in [-0.1, -0.05) is 6.07 Å². The number of β-amino-alcohol motifs (C(OH)–C–C–N with tert-alkyl or cyclic N) is 1. The maximum absolute atomic E-state index is 11.9. The molecule has 2 aromatic rings. The van der Waals surface area contributed by atoms with E-state index in [4.69, 9.17) is 9.47 Å². The highest BCUT2D eigenvalue weighted by atomic mass is 16.5. The predicted molar refractivity (Wildman–Crippen MR) is 131 cm³/mol. The summed E-state index contributed by atoms with van der Waals surface area (Å²) < 4.78 is 10.4. The third-order valence-electron chi connectivity index (χ3n) is 7.96. The Hall–Kier alpha value is -2.74. The van der Waals surface area contributed by atoms with Gasteiger partial charge in [-0.3, -0.25) is 4.90 Å². The third kappa shape index (κ3) is 4.60. The zero-order chi connectivity index (χ0) is 24.7. The summed E-state index contributed by atoms with van der Waals surface area (Å²) in [4.78, 5) is 28.6. The second kappa shape index (κ2) is 9.72. The van der Waals surface area contributed by atoms with Gasteiger partial charge in [0.2, 0.25) is 0 Å². The number of hydrogen-bond donors (Lipinski definition) is 1. The molecule has 3 aliphatic heterocycles. The van der Waals surface area contributed by atoms with E-state index in [9.17, 15) is 14.7 Å². The fourth-order valence-corrected chi connectivity index (χ4v) is 5.85. The maximum Gasteiger partial charge on any atom is 0.338 e. The molecule has 0 bridgehead atoms. The number of rotatable bonds is 6. The molecule has 1 unspecified atom stereocenters. The molecule has 0 radical (unpaired) electrons. The van der Waals surface area contributed by atoms with Crippen LogP contribution in [-0.4, -0.2) is 66.1 Å². The van der Waals surface area contributed by atoms with Crippen LogP contribution in [-0.2, 0) is 29.1 Å². The van der Waals surface area contributed by atoms with Crippen LogP contribution in [0.25, 0.3) is 0 Å². The highest BCUT2D eigenvalue weighted by Crippen LogP contribution is 2.32. The van der Waals surface area contributed by atoms with Crippen molar-refractivity contribution in [3.8, 4) is 0 Å². The Kier molecular flexibility index (Phi) is 6.66. The van der Waals surface area contributed by atoms with Crippen molar-refractivity contribution < 1.29 is 24.2 Å². The normalized spacial score (nSPS) is 19.2. The number of ether oxygens (including phenoxy) is 2. The molecule has 1 fully saturated rings. The molecule has 0 spiro atoms. The molecule has 1 saturated heterocycles. The molecule has 5 rings (SSSR count). The van der Waals surface area contributed by atoms with Crippen molar-refractivity contribution in [1.29, 1.82) is 0 Å². The molecule has 1 N–H and O–H groups in total. The van der Waals surface area contributed by atoms with Gasteiger partial charge in [-0.15, -0.1) is 0 Å². The van der Waals surface area contributed by atoms with Gasteiger partial charge in [0.1, 0.15) is 13.2 Å². The van der Waals surface area contributed by atoms with Gasteiger partial charge >= 0.3 is 11.9 Å². The number of esters is 2. The molecule has 0 amide bonds. The fourth-order valence-electron chi connectivity index (χ4n) is 5.85. The van der Waals surface area contributed by atoms with Gasteiger partial charge in [-0.05, 0) is 86.7 Å². The molecule has 0 aromatic heterocycles. The fraction of sp³-hybridized carbons (Fsp3) is 0.500. The molecule has 3 aliphatic rings. The van der Waals surface area contributed by atoms with E-state index in [0.717, 1.165) is 73.4 Å². The largest absolute Gasteiger partial charge is 0.457 e. The molecule has 3 heterocycles. The van der Waals surface area contributed by atoms with Crippen LogP contribution in [0.3, 0.4) is 0 Å². The number of aryl methyl sites for hydroxylation is 1. The van der Waals surface area contributed by atoms with Gasteiger partial charge < -0.3 is 19.5 Å². The average molecular weight is 479 g/mol. The molecule has 1 atom stereocenters. The highest BCUT2D eigenvalue weighted by molar-refractivity contribution is 5.94. The van der Waals surface area contributed by atoms with Crippen molar-refractivity contribution in [3.63, 3.8) is 0 Å². The molecule has 7 heteroatoms. The molecule has 0 saturated carbocycles. The first kappa shape index (κ1) is 24.0. The maximum atomic E-state index is 11.9. The summed E-state index contributed by atoms with van der Waals surface area (Å²) >= 11 is 0. The summed E-state index contributed by atoms with van der Waals surface area (Å²) in [5.41, 5.74) is 8.61. The van der Waals surface area contributed by atoms with Crippen LogP contribution in [0.1, 0.15) is 72.2 Å². The van der Waals surface area contributed by atoms with Crippen LogP contribution in [0.5, 0.6) is 0 Å². The second-order valence-electron chi connectivity index (χ2n) is 10.0. The topological polar surface area (TPSA) is 79.3 Å². The number of benzene rings is 2. The van der Waals surface area contributed by atoms with E-state index in [1.54, 1.807) is 0 Å². The number of hydrogen-bond acceptors (Lipinski definition) is 7. The van der Waals surface area contributed by atoms with Crippen molar-refractivity contribution in [2.24, 2.45) is 0 Å². The zero-order valence-electron chi connectivity index (χ0n) is 20.9. The smallest absolute Gasteiger partial charge is 0.338 e. The first-order valence-corrected chi connectivity index (χ1v) is 12.5. The summed E-state index contributed by atoms with van der Waals surface area (Å²) in [6.45, 7) is 12.1. The second-order valence-corrected chi connectivity index (χ2v) is 10.0. The molecule has 35 heavy (non-hydrogen) atoms. The first-order chi connectivity index (χ1) is 16.8. The lowest BCUT2D eigenvalue weighted by Crippen LogP contribution is -2.34. The van der Waals surface area contributed by atoms with Crippen molar-refractivity contribution in [3.05, 3.63) is 68.3 Å². The molecular formula is C28H34N2O5. The Labute approximate surface area is 206 Å². The van der Waals surface area contributed by atoms with E-state index in [1.165, 1.54) is 11.1 Å². The molecule has 7 nitrogen and oxygen atoms in total. The minimum Gasteiger partial charge on any atom is -0.457 e. The van der Waals surface area contributed by atoms with Gasteiger partial charge in [0.05, 0.1) is 17.2 Å². The van der Waals surface area contributed by atoms with E-state index < -0.39 is 6.10 Å². The Balaban J connectivity index is 1.18. The number of carbonyl (C=O) groups excluding carboxylic acids is 2. The monoisotopic (exact) mass is 478 g/mol. The SMILES string of the molecule is Cc1cc2c(c(C)c1C(O)CN1CCCN(CCc3ccc4c(c3C)COC4=O)CC1)COC2=O. The van der Waals surface area contributed by atoms with Gasteiger partial charge in [-0.2, -0.15) is 0 Å². The Morgan fingerprint density at radius 2 is 1.54 bits per heavy atom. The van der Waals surface area contributed by atoms with E-state index in [2.05, 4.69) is 22.8 Å². The van der Waals surface area contributed by atoms with Crippen LogP contribution in [0.4, 0.5) is 0 Å². The molecule has 186 valence electrons. The van der Waals surface area contributed by atoms with E-state index >= 15 is 0 Å². The van der Waals surface area contributed by atoms with Crippen molar-refractivity contribution in [2.75, 3.05) is 39.3 Å². The lowest BCUT2D eigenvalue weighted by molar-refractivity contribution is 0.0526. The summed E-state index contributed by atoms with van der Waals surface area (Å²) in [6, 6.07) is 5.84. The highest BCUT2D eigenvalue weighted by Gasteiger charge is 2.29. The lowest BCUT2D eigenvalue weighted by atomic mass is 9.91. The van der Waals surface area contributed by atoms with Gasteiger partial charge in [0.25, 0.3) is 0 Å². The molecule has 2 aromatic carbocycles. The number of carbonyl (C=O) groups is 2.